The Morgan fingerprint density at radius 3 is 2.32 bits per heavy atom. The summed E-state index contributed by atoms with van der Waals surface area (Å²) in [5.74, 6) is -0.438. The van der Waals surface area contributed by atoms with Crippen LogP contribution in [-0.2, 0) is 11.2 Å². The van der Waals surface area contributed by atoms with Gasteiger partial charge in [-0.15, -0.1) is 0 Å². The highest BCUT2D eigenvalue weighted by Crippen LogP contribution is 2.34. The molecule has 1 aliphatic rings. The first-order valence-electron chi connectivity index (χ1n) is 7.28. The van der Waals surface area contributed by atoms with Gasteiger partial charge in [-0.25, -0.2) is 0 Å². The van der Waals surface area contributed by atoms with Gasteiger partial charge >= 0.3 is 5.97 Å². The van der Waals surface area contributed by atoms with E-state index in [1.54, 1.807) is 0 Å². The first-order valence-corrected chi connectivity index (χ1v) is 7.28. The van der Waals surface area contributed by atoms with Gasteiger partial charge in [0.1, 0.15) is 0 Å². The Balaban J connectivity index is 2.22. The average molecular weight is 260 g/mol. The summed E-state index contributed by atoms with van der Waals surface area (Å²) < 4.78 is 0. The van der Waals surface area contributed by atoms with E-state index >= 15 is 0 Å². The largest absolute Gasteiger partial charge is 0.481 e. The zero-order chi connectivity index (χ0) is 14.0. The predicted molar refractivity (Wildman–Crippen MR) is 77.4 cm³/mol. The van der Waals surface area contributed by atoms with E-state index in [2.05, 4.69) is 32.9 Å². The van der Waals surface area contributed by atoms with Crippen LogP contribution in [0.5, 0.6) is 0 Å². The highest BCUT2D eigenvalue weighted by molar-refractivity contribution is 5.70. The summed E-state index contributed by atoms with van der Waals surface area (Å²) in [6.45, 7) is 6.41. The van der Waals surface area contributed by atoms with Crippen LogP contribution in [0.2, 0.25) is 0 Å². The van der Waals surface area contributed by atoms with Crippen molar-refractivity contribution >= 4 is 5.97 Å². The van der Waals surface area contributed by atoms with E-state index in [-0.39, 0.29) is 5.92 Å². The lowest BCUT2D eigenvalue weighted by Gasteiger charge is -2.29. The summed E-state index contributed by atoms with van der Waals surface area (Å²) >= 11 is 0. The molecule has 0 amide bonds. The maximum atomic E-state index is 11.4. The van der Waals surface area contributed by atoms with Crippen LogP contribution in [0.25, 0.3) is 0 Å². The summed E-state index contributed by atoms with van der Waals surface area (Å²) in [6.07, 6.45) is 5.08. The molecule has 0 spiro atoms. The van der Waals surface area contributed by atoms with Crippen LogP contribution in [0, 0.1) is 32.6 Å². The van der Waals surface area contributed by atoms with Gasteiger partial charge in [0.15, 0.2) is 0 Å². The molecular weight excluding hydrogens is 236 g/mol. The van der Waals surface area contributed by atoms with Gasteiger partial charge in [-0.3, -0.25) is 4.79 Å². The predicted octanol–water partition coefficient (Wildman–Crippen LogP) is 4.05. The molecule has 0 saturated heterocycles. The molecule has 1 N–H and O–H groups in total. The number of benzene rings is 1. The van der Waals surface area contributed by atoms with Crippen molar-refractivity contribution in [3.63, 3.8) is 0 Å². The van der Waals surface area contributed by atoms with Gasteiger partial charge in [0, 0.05) is 0 Å². The SMILES string of the molecule is Cc1cc(C)c(CC2CCCCC2C(=O)O)c(C)c1. The second-order valence-electron chi connectivity index (χ2n) is 6.07. The summed E-state index contributed by atoms with van der Waals surface area (Å²) in [5, 5.41) is 9.37. The Labute approximate surface area is 115 Å². The molecule has 0 aliphatic heterocycles. The monoisotopic (exact) mass is 260 g/mol. The van der Waals surface area contributed by atoms with Crippen LogP contribution in [-0.4, -0.2) is 11.1 Å². The number of hydrogen-bond donors (Lipinski definition) is 1. The quantitative estimate of drug-likeness (QED) is 0.890. The second kappa shape index (κ2) is 5.77. The van der Waals surface area contributed by atoms with Crippen LogP contribution >= 0.6 is 0 Å². The van der Waals surface area contributed by atoms with Gasteiger partial charge in [-0.2, -0.15) is 0 Å². The van der Waals surface area contributed by atoms with Crippen molar-refractivity contribution in [1.29, 1.82) is 0 Å². The fourth-order valence-corrected chi connectivity index (χ4v) is 3.57. The molecule has 1 fully saturated rings. The van der Waals surface area contributed by atoms with Gasteiger partial charge in [0.2, 0.25) is 0 Å². The average Bonchev–Trinajstić information content (AvgIpc) is 2.34. The normalized spacial score (nSPS) is 23.3. The number of carboxylic acid groups (broad SMARTS) is 1. The van der Waals surface area contributed by atoms with Crippen molar-refractivity contribution in [3.05, 3.63) is 34.4 Å². The summed E-state index contributed by atoms with van der Waals surface area (Å²) in [6, 6.07) is 4.42. The third-order valence-corrected chi connectivity index (χ3v) is 4.53. The van der Waals surface area contributed by atoms with E-state index in [0.29, 0.717) is 5.92 Å². The van der Waals surface area contributed by atoms with Gasteiger partial charge in [0.25, 0.3) is 0 Å². The minimum Gasteiger partial charge on any atom is -0.481 e. The zero-order valence-electron chi connectivity index (χ0n) is 12.2. The molecule has 0 radical (unpaired) electrons. The van der Waals surface area contributed by atoms with E-state index < -0.39 is 5.97 Å². The lowest BCUT2D eigenvalue weighted by Crippen LogP contribution is -2.28. The number of aryl methyl sites for hydroxylation is 3. The first kappa shape index (κ1) is 14.1. The fraction of sp³-hybridized carbons (Fsp3) is 0.588. The topological polar surface area (TPSA) is 37.3 Å². The Morgan fingerprint density at radius 2 is 1.74 bits per heavy atom. The van der Waals surface area contributed by atoms with Crippen LogP contribution < -0.4 is 0 Å². The summed E-state index contributed by atoms with van der Waals surface area (Å²) in [5.41, 5.74) is 5.28. The molecule has 2 nitrogen and oxygen atoms in total. The zero-order valence-corrected chi connectivity index (χ0v) is 12.2. The minimum atomic E-state index is -0.605. The smallest absolute Gasteiger partial charge is 0.306 e. The van der Waals surface area contributed by atoms with Gasteiger partial charge in [-0.1, -0.05) is 30.5 Å². The number of carbonyl (C=O) groups is 1. The van der Waals surface area contributed by atoms with Crippen molar-refractivity contribution in [2.75, 3.05) is 0 Å². The molecule has 1 aromatic carbocycles. The second-order valence-corrected chi connectivity index (χ2v) is 6.07. The number of rotatable bonds is 3. The Bertz CT molecular complexity index is 453. The molecule has 2 atom stereocenters. The molecule has 0 bridgehead atoms. The van der Waals surface area contributed by atoms with E-state index in [1.165, 1.54) is 28.7 Å². The molecule has 2 heteroatoms. The third-order valence-electron chi connectivity index (χ3n) is 4.53. The van der Waals surface area contributed by atoms with Crippen LogP contribution in [0.15, 0.2) is 12.1 Å². The highest BCUT2D eigenvalue weighted by atomic mass is 16.4. The molecule has 1 saturated carbocycles. The Kier molecular flexibility index (Phi) is 4.28. The number of hydrogen-bond acceptors (Lipinski definition) is 1. The van der Waals surface area contributed by atoms with Gasteiger partial charge in [0.05, 0.1) is 5.92 Å². The molecule has 1 aromatic rings. The molecule has 19 heavy (non-hydrogen) atoms. The Hall–Kier alpha value is -1.31. The van der Waals surface area contributed by atoms with E-state index in [9.17, 15) is 9.90 Å². The first-order chi connectivity index (χ1) is 8.99. The van der Waals surface area contributed by atoms with Crippen molar-refractivity contribution < 1.29 is 9.90 Å². The van der Waals surface area contributed by atoms with Crippen molar-refractivity contribution in [2.45, 2.75) is 52.9 Å². The van der Waals surface area contributed by atoms with Gasteiger partial charge < -0.3 is 5.11 Å². The number of aliphatic carboxylic acids is 1. The maximum absolute atomic E-state index is 11.4. The van der Waals surface area contributed by atoms with E-state index in [4.69, 9.17) is 0 Å². The molecule has 2 rings (SSSR count). The summed E-state index contributed by atoms with van der Waals surface area (Å²) in [7, 11) is 0. The van der Waals surface area contributed by atoms with Crippen LogP contribution in [0.4, 0.5) is 0 Å². The molecule has 1 aliphatic carbocycles. The van der Waals surface area contributed by atoms with Crippen LogP contribution in [0.3, 0.4) is 0 Å². The van der Waals surface area contributed by atoms with Crippen molar-refractivity contribution in [2.24, 2.45) is 11.8 Å². The maximum Gasteiger partial charge on any atom is 0.306 e. The molecule has 0 heterocycles. The molecular formula is C17H24O2. The fourth-order valence-electron chi connectivity index (χ4n) is 3.57. The number of carboxylic acids is 1. The lowest BCUT2D eigenvalue weighted by molar-refractivity contribution is -0.144. The van der Waals surface area contributed by atoms with Crippen LogP contribution in [0.1, 0.15) is 47.9 Å². The lowest BCUT2D eigenvalue weighted by atomic mass is 9.75. The highest BCUT2D eigenvalue weighted by Gasteiger charge is 2.31. The van der Waals surface area contributed by atoms with Gasteiger partial charge in [-0.05, 0) is 62.6 Å². The molecule has 0 aromatic heterocycles. The van der Waals surface area contributed by atoms with Crippen molar-refractivity contribution in [1.82, 2.24) is 0 Å². The molecule has 2 unspecified atom stereocenters. The van der Waals surface area contributed by atoms with Crippen molar-refractivity contribution in [3.8, 4) is 0 Å². The molecule has 104 valence electrons. The summed E-state index contributed by atoms with van der Waals surface area (Å²) in [4.78, 5) is 11.4. The van der Waals surface area contributed by atoms with E-state index in [0.717, 1.165) is 25.7 Å². The standard InChI is InChI=1S/C17H24O2/c1-11-8-12(2)16(13(3)9-11)10-14-6-4-5-7-15(14)17(18)19/h8-9,14-15H,4-7,10H2,1-3H3,(H,18,19). The minimum absolute atomic E-state index is 0.145. The van der Waals surface area contributed by atoms with E-state index in [1.807, 2.05) is 0 Å². The third kappa shape index (κ3) is 3.17. The Morgan fingerprint density at radius 1 is 1.16 bits per heavy atom.